The van der Waals surface area contributed by atoms with Crippen molar-refractivity contribution in [3.05, 3.63) is 0 Å². The van der Waals surface area contributed by atoms with Crippen molar-refractivity contribution in [3.8, 4) is 0 Å². The van der Waals surface area contributed by atoms with Gasteiger partial charge in [0, 0.05) is 19.0 Å². The minimum absolute atomic E-state index is 0.0693. The minimum Gasteiger partial charge on any atom is -0.355 e. The second-order valence-electron chi connectivity index (χ2n) is 4.08. The summed E-state index contributed by atoms with van der Waals surface area (Å²) >= 11 is 0. The van der Waals surface area contributed by atoms with Gasteiger partial charge in [0.15, 0.2) is 0 Å². The van der Waals surface area contributed by atoms with Gasteiger partial charge in [0.05, 0.1) is 6.54 Å². The SMILES string of the molecule is O=C(CNC1CC1)NCCCCC(F)(F)F. The maximum atomic E-state index is 11.8. The first kappa shape index (κ1) is 13.3. The van der Waals surface area contributed by atoms with E-state index in [1.54, 1.807) is 0 Å². The summed E-state index contributed by atoms with van der Waals surface area (Å²) < 4.78 is 35.3. The molecule has 1 amide bonds. The van der Waals surface area contributed by atoms with Crippen molar-refractivity contribution in [2.75, 3.05) is 13.1 Å². The summed E-state index contributed by atoms with van der Waals surface area (Å²) in [6.45, 7) is 0.588. The predicted molar refractivity (Wildman–Crippen MR) is 53.9 cm³/mol. The molecule has 0 aromatic heterocycles. The third-order valence-corrected chi connectivity index (χ3v) is 2.34. The molecule has 2 N–H and O–H groups in total. The van der Waals surface area contributed by atoms with Crippen LogP contribution in [-0.2, 0) is 4.79 Å². The van der Waals surface area contributed by atoms with Crippen LogP contribution in [0.4, 0.5) is 13.2 Å². The molecule has 1 aliphatic rings. The molecule has 1 aliphatic carbocycles. The van der Waals surface area contributed by atoms with Crippen molar-refractivity contribution < 1.29 is 18.0 Å². The lowest BCUT2D eigenvalue weighted by Gasteiger charge is -2.07. The standard InChI is InChI=1S/C10H17F3N2O/c11-10(12,13)5-1-2-6-14-9(16)7-15-8-3-4-8/h8,15H,1-7H2,(H,14,16). The number of alkyl halides is 3. The summed E-state index contributed by atoms with van der Waals surface area (Å²) in [6, 6.07) is 0.468. The molecule has 94 valence electrons. The van der Waals surface area contributed by atoms with E-state index in [1.807, 2.05) is 0 Å². The van der Waals surface area contributed by atoms with Gasteiger partial charge in [-0.05, 0) is 25.7 Å². The summed E-state index contributed by atoms with van der Waals surface area (Å²) in [5, 5.41) is 5.61. The Morgan fingerprint density at radius 2 is 1.94 bits per heavy atom. The quantitative estimate of drug-likeness (QED) is 0.661. The lowest BCUT2D eigenvalue weighted by atomic mass is 10.2. The van der Waals surface area contributed by atoms with Crippen molar-refractivity contribution in [1.82, 2.24) is 10.6 Å². The van der Waals surface area contributed by atoms with Gasteiger partial charge in [-0.3, -0.25) is 4.79 Å². The Hall–Kier alpha value is -0.780. The second kappa shape index (κ2) is 6.08. The number of carbonyl (C=O) groups is 1. The van der Waals surface area contributed by atoms with Gasteiger partial charge >= 0.3 is 6.18 Å². The van der Waals surface area contributed by atoms with Crippen LogP contribution in [-0.4, -0.2) is 31.2 Å². The van der Waals surface area contributed by atoms with Gasteiger partial charge in [-0.2, -0.15) is 13.2 Å². The van der Waals surface area contributed by atoms with E-state index in [1.165, 1.54) is 0 Å². The van der Waals surface area contributed by atoms with Gasteiger partial charge in [0.1, 0.15) is 0 Å². The molecular formula is C10H17F3N2O. The second-order valence-corrected chi connectivity index (χ2v) is 4.08. The van der Waals surface area contributed by atoms with E-state index in [9.17, 15) is 18.0 Å². The zero-order valence-electron chi connectivity index (χ0n) is 9.07. The Labute approximate surface area is 92.8 Å². The maximum absolute atomic E-state index is 11.8. The molecule has 0 radical (unpaired) electrons. The van der Waals surface area contributed by atoms with Gasteiger partial charge in [-0.15, -0.1) is 0 Å². The van der Waals surface area contributed by atoms with Gasteiger partial charge < -0.3 is 10.6 Å². The fourth-order valence-corrected chi connectivity index (χ4v) is 1.27. The van der Waals surface area contributed by atoms with E-state index in [0.29, 0.717) is 19.0 Å². The number of amides is 1. The van der Waals surface area contributed by atoms with Crippen molar-refractivity contribution >= 4 is 5.91 Å². The highest BCUT2D eigenvalue weighted by molar-refractivity contribution is 5.77. The number of rotatable bonds is 7. The highest BCUT2D eigenvalue weighted by Gasteiger charge is 2.25. The van der Waals surface area contributed by atoms with Gasteiger partial charge in [0.2, 0.25) is 5.91 Å². The number of unbranched alkanes of at least 4 members (excludes halogenated alkanes) is 1. The monoisotopic (exact) mass is 238 g/mol. The Kier molecular flexibility index (Phi) is 5.05. The molecule has 0 saturated heterocycles. The number of hydrogen-bond donors (Lipinski definition) is 2. The summed E-state index contributed by atoms with van der Waals surface area (Å²) in [5.74, 6) is -0.140. The van der Waals surface area contributed by atoms with Crippen molar-refractivity contribution in [2.24, 2.45) is 0 Å². The van der Waals surface area contributed by atoms with Crippen LogP contribution in [0.5, 0.6) is 0 Å². The fraction of sp³-hybridized carbons (Fsp3) is 0.900. The van der Waals surface area contributed by atoms with Crippen LogP contribution < -0.4 is 10.6 Å². The van der Waals surface area contributed by atoms with Crippen LogP contribution in [0.15, 0.2) is 0 Å². The number of carbonyl (C=O) groups excluding carboxylic acids is 1. The molecule has 3 nitrogen and oxygen atoms in total. The van der Waals surface area contributed by atoms with Gasteiger partial charge in [-0.1, -0.05) is 0 Å². The topological polar surface area (TPSA) is 41.1 Å². The average Bonchev–Trinajstić information content (AvgIpc) is 2.95. The van der Waals surface area contributed by atoms with Gasteiger partial charge in [0.25, 0.3) is 0 Å². The Morgan fingerprint density at radius 3 is 2.50 bits per heavy atom. The molecule has 0 heterocycles. The third-order valence-electron chi connectivity index (χ3n) is 2.34. The average molecular weight is 238 g/mol. The molecule has 0 unspecified atom stereocenters. The third kappa shape index (κ3) is 7.50. The van der Waals surface area contributed by atoms with Crippen molar-refractivity contribution in [3.63, 3.8) is 0 Å². The molecule has 0 aromatic rings. The van der Waals surface area contributed by atoms with Crippen molar-refractivity contribution in [1.29, 1.82) is 0 Å². The molecular weight excluding hydrogens is 221 g/mol. The van der Waals surface area contributed by atoms with Gasteiger partial charge in [-0.25, -0.2) is 0 Å². The Morgan fingerprint density at radius 1 is 1.25 bits per heavy atom. The molecule has 0 bridgehead atoms. The number of hydrogen-bond acceptors (Lipinski definition) is 2. The van der Waals surface area contributed by atoms with Crippen LogP contribution in [0.2, 0.25) is 0 Å². The minimum atomic E-state index is -4.09. The fourth-order valence-electron chi connectivity index (χ4n) is 1.27. The highest BCUT2D eigenvalue weighted by atomic mass is 19.4. The maximum Gasteiger partial charge on any atom is 0.389 e. The molecule has 0 aliphatic heterocycles. The van der Waals surface area contributed by atoms with Crippen LogP contribution in [0, 0.1) is 0 Å². The largest absolute Gasteiger partial charge is 0.389 e. The van der Waals surface area contributed by atoms with E-state index >= 15 is 0 Å². The Bertz CT molecular complexity index is 227. The summed E-state index contributed by atoms with van der Waals surface area (Å²) in [4.78, 5) is 11.1. The van der Waals surface area contributed by atoms with E-state index in [4.69, 9.17) is 0 Å². The van der Waals surface area contributed by atoms with E-state index < -0.39 is 12.6 Å². The summed E-state index contributed by atoms with van der Waals surface area (Å²) in [6.07, 6.45) is -2.20. The normalized spacial score (nSPS) is 16.2. The van der Waals surface area contributed by atoms with E-state index in [2.05, 4.69) is 10.6 Å². The predicted octanol–water partition coefficient (Wildman–Crippen LogP) is 1.59. The first-order valence-electron chi connectivity index (χ1n) is 5.54. The smallest absolute Gasteiger partial charge is 0.355 e. The lowest BCUT2D eigenvalue weighted by molar-refractivity contribution is -0.135. The molecule has 1 saturated carbocycles. The molecule has 16 heavy (non-hydrogen) atoms. The molecule has 1 rings (SSSR count). The van der Waals surface area contributed by atoms with Crippen LogP contribution in [0.1, 0.15) is 32.1 Å². The Balaban J connectivity index is 1.87. The highest BCUT2D eigenvalue weighted by Crippen LogP contribution is 2.21. The van der Waals surface area contributed by atoms with Crippen LogP contribution in [0.3, 0.4) is 0 Å². The van der Waals surface area contributed by atoms with E-state index in [0.717, 1.165) is 12.8 Å². The number of halogens is 3. The zero-order valence-corrected chi connectivity index (χ0v) is 9.07. The first-order valence-corrected chi connectivity index (χ1v) is 5.54. The van der Waals surface area contributed by atoms with Crippen LogP contribution in [0.25, 0.3) is 0 Å². The number of nitrogens with one attached hydrogen (secondary N) is 2. The van der Waals surface area contributed by atoms with Crippen molar-refractivity contribution in [2.45, 2.75) is 44.3 Å². The molecule has 1 fully saturated rings. The summed E-state index contributed by atoms with van der Waals surface area (Å²) in [7, 11) is 0. The molecule has 0 spiro atoms. The lowest BCUT2D eigenvalue weighted by Crippen LogP contribution is -2.35. The molecule has 6 heteroatoms. The van der Waals surface area contributed by atoms with Crippen LogP contribution >= 0.6 is 0 Å². The molecule has 0 aromatic carbocycles. The molecule has 0 atom stereocenters. The summed E-state index contributed by atoms with van der Waals surface area (Å²) in [5.41, 5.74) is 0. The zero-order chi connectivity index (χ0) is 12.0. The van der Waals surface area contributed by atoms with E-state index in [-0.39, 0.29) is 18.9 Å². The first-order chi connectivity index (χ1) is 7.47.